The predicted octanol–water partition coefficient (Wildman–Crippen LogP) is 1.78. The number of nitrogens with zero attached hydrogens (tertiary/aromatic N) is 5. The molecule has 0 aliphatic carbocycles. The molecular formula is C15H21ClN6O. The van der Waals surface area contributed by atoms with Crippen LogP contribution in [0.25, 0.3) is 5.82 Å². The standard InChI is InChI=1S/C15H21ClN6O/c1-11(5-4-6-21(2)3)20-15(23)12-7-13(16)14(17-8-12)22-9-18-19-10-22/h7-11H,4-6H2,1-3H3,(H,20,23). The van der Waals surface area contributed by atoms with E-state index >= 15 is 0 Å². The second-order valence-electron chi connectivity index (χ2n) is 5.72. The summed E-state index contributed by atoms with van der Waals surface area (Å²) in [6.45, 7) is 3.00. The number of carbonyl (C=O) groups excluding carboxylic acids is 1. The SMILES string of the molecule is CC(CCCN(C)C)NC(=O)c1cnc(-n2cnnc2)c(Cl)c1. The van der Waals surface area contributed by atoms with Gasteiger partial charge in [0.1, 0.15) is 12.7 Å². The van der Waals surface area contributed by atoms with Crippen molar-refractivity contribution in [1.29, 1.82) is 0 Å². The number of hydrogen-bond donors (Lipinski definition) is 1. The molecular weight excluding hydrogens is 316 g/mol. The van der Waals surface area contributed by atoms with E-state index in [0.717, 1.165) is 19.4 Å². The Hall–Kier alpha value is -1.99. The van der Waals surface area contributed by atoms with Gasteiger partial charge in [-0.05, 0) is 46.5 Å². The van der Waals surface area contributed by atoms with Gasteiger partial charge in [0.15, 0.2) is 5.82 Å². The average molecular weight is 337 g/mol. The molecule has 0 saturated carbocycles. The zero-order valence-electron chi connectivity index (χ0n) is 13.5. The second-order valence-corrected chi connectivity index (χ2v) is 6.13. The van der Waals surface area contributed by atoms with Crippen molar-refractivity contribution in [3.63, 3.8) is 0 Å². The molecule has 1 atom stereocenters. The van der Waals surface area contributed by atoms with Gasteiger partial charge in [0.2, 0.25) is 0 Å². The molecule has 0 aliphatic heterocycles. The highest BCUT2D eigenvalue weighted by Crippen LogP contribution is 2.18. The van der Waals surface area contributed by atoms with E-state index in [-0.39, 0.29) is 11.9 Å². The van der Waals surface area contributed by atoms with Crippen molar-refractivity contribution >= 4 is 17.5 Å². The first kappa shape index (κ1) is 17.4. The van der Waals surface area contributed by atoms with Crippen LogP contribution in [0, 0.1) is 0 Å². The van der Waals surface area contributed by atoms with E-state index in [9.17, 15) is 4.79 Å². The van der Waals surface area contributed by atoms with Gasteiger partial charge in [-0.3, -0.25) is 9.36 Å². The number of aromatic nitrogens is 4. The van der Waals surface area contributed by atoms with Gasteiger partial charge >= 0.3 is 0 Å². The number of nitrogens with one attached hydrogen (secondary N) is 1. The molecule has 124 valence electrons. The number of rotatable bonds is 7. The molecule has 0 aliphatic rings. The van der Waals surface area contributed by atoms with Crippen molar-refractivity contribution in [2.24, 2.45) is 0 Å². The summed E-state index contributed by atoms with van der Waals surface area (Å²) in [5.74, 6) is 0.319. The van der Waals surface area contributed by atoms with Crippen molar-refractivity contribution in [3.8, 4) is 5.82 Å². The molecule has 7 nitrogen and oxygen atoms in total. The van der Waals surface area contributed by atoms with Crippen LogP contribution in [-0.2, 0) is 0 Å². The average Bonchev–Trinajstić information content (AvgIpc) is 3.00. The maximum atomic E-state index is 12.3. The van der Waals surface area contributed by atoms with E-state index in [1.807, 2.05) is 21.0 Å². The molecule has 0 aromatic carbocycles. The highest BCUT2D eigenvalue weighted by atomic mass is 35.5. The van der Waals surface area contributed by atoms with Crippen LogP contribution in [0.4, 0.5) is 0 Å². The van der Waals surface area contributed by atoms with Gasteiger partial charge in [-0.15, -0.1) is 10.2 Å². The molecule has 8 heteroatoms. The Bertz CT molecular complexity index is 643. The van der Waals surface area contributed by atoms with Gasteiger partial charge in [-0.1, -0.05) is 11.6 Å². The Morgan fingerprint density at radius 1 is 1.39 bits per heavy atom. The van der Waals surface area contributed by atoms with Crippen LogP contribution in [0.15, 0.2) is 24.9 Å². The maximum Gasteiger partial charge on any atom is 0.253 e. The smallest absolute Gasteiger partial charge is 0.253 e. The van der Waals surface area contributed by atoms with Crippen LogP contribution in [0.3, 0.4) is 0 Å². The van der Waals surface area contributed by atoms with Crippen molar-refractivity contribution in [1.82, 2.24) is 30.0 Å². The Balaban J connectivity index is 1.96. The summed E-state index contributed by atoms with van der Waals surface area (Å²) < 4.78 is 1.59. The van der Waals surface area contributed by atoms with Crippen molar-refractivity contribution in [2.45, 2.75) is 25.8 Å². The number of hydrogen-bond acceptors (Lipinski definition) is 5. The van der Waals surface area contributed by atoms with Crippen LogP contribution in [-0.4, -0.2) is 57.2 Å². The third-order valence-corrected chi connectivity index (χ3v) is 3.65. The van der Waals surface area contributed by atoms with Crippen molar-refractivity contribution < 1.29 is 4.79 Å². The lowest BCUT2D eigenvalue weighted by Gasteiger charge is -2.16. The molecule has 0 saturated heterocycles. The van der Waals surface area contributed by atoms with Gasteiger partial charge in [0.05, 0.1) is 10.6 Å². The van der Waals surface area contributed by atoms with Crippen LogP contribution in [0.2, 0.25) is 5.02 Å². The van der Waals surface area contributed by atoms with E-state index < -0.39 is 0 Å². The van der Waals surface area contributed by atoms with E-state index in [1.54, 1.807) is 10.6 Å². The highest BCUT2D eigenvalue weighted by Gasteiger charge is 2.13. The molecule has 2 heterocycles. The normalized spacial score (nSPS) is 12.4. The molecule has 2 aromatic heterocycles. The monoisotopic (exact) mass is 336 g/mol. The molecule has 2 rings (SSSR count). The minimum Gasteiger partial charge on any atom is -0.350 e. The van der Waals surface area contributed by atoms with E-state index in [4.69, 9.17) is 11.6 Å². The van der Waals surface area contributed by atoms with Gasteiger partial charge < -0.3 is 10.2 Å². The summed E-state index contributed by atoms with van der Waals surface area (Å²) in [6.07, 6.45) is 6.45. The zero-order chi connectivity index (χ0) is 16.8. The molecule has 0 fully saturated rings. The number of amides is 1. The molecule has 0 radical (unpaired) electrons. The third kappa shape index (κ3) is 5.01. The fourth-order valence-corrected chi connectivity index (χ4v) is 2.41. The molecule has 0 bridgehead atoms. The lowest BCUT2D eigenvalue weighted by Crippen LogP contribution is -2.33. The van der Waals surface area contributed by atoms with Crippen molar-refractivity contribution in [3.05, 3.63) is 35.5 Å². The lowest BCUT2D eigenvalue weighted by molar-refractivity contribution is 0.0937. The quantitative estimate of drug-likeness (QED) is 0.834. The molecule has 1 amide bonds. The zero-order valence-corrected chi connectivity index (χ0v) is 14.3. The summed E-state index contributed by atoms with van der Waals surface area (Å²) >= 11 is 6.20. The first-order valence-electron chi connectivity index (χ1n) is 7.43. The second kappa shape index (κ2) is 8.03. The Labute approximate surface area is 140 Å². The summed E-state index contributed by atoms with van der Waals surface area (Å²) in [6, 6.07) is 1.70. The van der Waals surface area contributed by atoms with E-state index in [0.29, 0.717) is 16.4 Å². The summed E-state index contributed by atoms with van der Waals surface area (Å²) in [4.78, 5) is 18.6. The summed E-state index contributed by atoms with van der Waals surface area (Å²) in [5.41, 5.74) is 0.436. The molecule has 2 aromatic rings. The number of halogens is 1. The number of carbonyl (C=O) groups is 1. The topological polar surface area (TPSA) is 75.9 Å². The van der Waals surface area contributed by atoms with Gasteiger partial charge in [-0.25, -0.2) is 4.98 Å². The van der Waals surface area contributed by atoms with E-state index in [2.05, 4.69) is 25.4 Å². The fourth-order valence-electron chi connectivity index (χ4n) is 2.15. The van der Waals surface area contributed by atoms with E-state index in [1.165, 1.54) is 18.9 Å². The first-order chi connectivity index (χ1) is 11.0. The first-order valence-corrected chi connectivity index (χ1v) is 7.81. The minimum absolute atomic E-state index is 0.0961. The number of pyridine rings is 1. The van der Waals surface area contributed by atoms with Crippen LogP contribution >= 0.6 is 11.6 Å². The fraction of sp³-hybridized carbons (Fsp3) is 0.467. The van der Waals surface area contributed by atoms with Gasteiger partial charge in [0, 0.05) is 12.2 Å². The van der Waals surface area contributed by atoms with Crippen LogP contribution < -0.4 is 5.32 Å². The lowest BCUT2D eigenvalue weighted by atomic mass is 10.1. The Kier molecular flexibility index (Phi) is 6.06. The van der Waals surface area contributed by atoms with Gasteiger partial charge in [-0.2, -0.15) is 0 Å². The molecule has 1 unspecified atom stereocenters. The predicted molar refractivity (Wildman–Crippen MR) is 88.9 cm³/mol. The van der Waals surface area contributed by atoms with Gasteiger partial charge in [0.25, 0.3) is 5.91 Å². The van der Waals surface area contributed by atoms with Crippen LogP contribution in [0.1, 0.15) is 30.1 Å². The molecule has 0 spiro atoms. The molecule has 23 heavy (non-hydrogen) atoms. The largest absolute Gasteiger partial charge is 0.350 e. The third-order valence-electron chi connectivity index (χ3n) is 3.37. The Morgan fingerprint density at radius 2 is 2.09 bits per heavy atom. The molecule has 1 N–H and O–H groups in total. The van der Waals surface area contributed by atoms with Crippen molar-refractivity contribution in [2.75, 3.05) is 20.6 Å². The highest BCUT2D eigenvalue weighted by molar-refractivity contribution is 6.32. The Morgan fingerprint density at radius 3 is 2.70 bits per heavy atom. The van der Waals surface area contributed by atoms with Crippen LogP contribution in [0.5, 0.6) is 0 Å². The maximum absolute atomic E-state index is 12.3. The minimum atomic E-state index is -0.174. The summed E-state index contributed by atoms with van der Waals surface area (Å²) in [7, 11) is 4.07. The summed E-state index contributed by atoms with van der Waals surface area (Å²) in [5, 5.41) is 10.8.